The Bertz CT molecular complexity index is 1280. The molecule has 6 N–H and O–H groups in total. The summed E-state index contributed by atoms with van der Waals surface area (Å²) in [5, 5.41) is 54.1. The van der Waals surface area contributed by atoms with Gasteiger partial charge in [0.05, 0.1) is 32.0 Å². The number of ether oxygens (including phenoxy) is 3. The standard InChI is InChI=1S/C55H97NO10/c1-3-5-7-9-11-13-15-19-23-27-31-35-39-43-51(60)64-44-40-36-32-28-24-21-18-16-17-20-22-26-30-34-38-42-50(59)56-47(46-65-55-54(63)53(62)52(61)49(45-57)66-55)48(58)41-37-33-29-25-14-12-10-8-6-4-2/h6,8,14,16,18,21,24-25,37,41,47-49,52-55,57-58,61-63H,3-5,7,9-13,15,17,19-20,22-23,26-36,38-40,42-46H2,1-2H3,(H,56,59)/b8-6+,18-16-,24-21-,25-14+,41-37+. The van der Waals surface area contributed by atoms with Gasteiger partial charge in [0.25, 0.3) is 0 Å². The van der Waals surface area contributed by atoms with Crippen LogP contribution in [0.1, 0.15) is 213 Å². The van der Waals surface area contributed by atoms with Crippen LogP contribution >= 0.6 is 0 Å². The predicted octanol–water partition coefficient (Wildman–Crippen LogP) is 11.1. The van der Waals surface area contributed by atoms with Gasteiger partial charge in [-0.05, 0) is 83.5 Å². The molecule has 1 amide bonds. The van der Waals surface area contributed by atoms with Crippen LogP contribution in [0, 0.1) is 0 Å². The summed E-state index contributed by atoms with van der Waals surface area (Å²) in [6.07, 6.45) is 46.0. The summed E-state index contributed by atoms with van der Waals surface area (Å²) >= 11 is 0. The summed E-state index contributed by atoms with van der Waals surface area (Å²) in [5.41, 5.74) is 0. The molecule has 7 unspecified atom stereocenters. The molecule has 66 heavy (non-hydrogen) atoms. The van der Waals surface area contributed by atoms with Crippen molar-refractivity contribution in [2.24, 2.45) is 0 Å². The molecule has 0 bridgehead atoms. The highest BCUT2D eigenvalue weighted by molar-refractivity contribution is 5.76. The quantitative estimate of drug-likeness (QED) is 0.0149. The number of carbonyl (C=O) groups excluding carboxylic acids is 2. The van der Waals surface area contributed by atoms with Gasteiger partial charge in [-0.1, -0.05) is 177 Å². The highest BCUT2D eigenvalue weighted by Crippen LogP contribution is 2.23. The molecule has 1 rings (SSSR count). The van der Waals surface area contributed by atoms with E-state index in [2.05, 4.69) is 67.8 Å². The van der Waals surface area contributed by atoms with Gasteiger partial charge in [0.2, 0.25) is 5.91 Å². The zero-order chi connectivity index (χ0) is 48.1. The van der Waals surface area contributed by atoms with E-state index in [0.717, 1.165) is 103 Å². The molecule has 0 aromatic carbocycles. The molecule has 11 heteroatoms. The van der Waals surface area contributed by atoms with Crippen LogP contribution in [-0.2, 0) is 23.8 Å². The van der Waals surface area contributed by atoms with Crippen LogP contribution in [0.2, 0.25) is 0 Å². The van der Waals surface area contributed by atoms with Crippen molar-refractivity contribution in [3.05, 3.63) is 60.8 Å². The smallest absolute Gasteiger partial charge is 0.305 e. The van der Waals surface area contributed by atoms with Crippen LogP contribution < -0.4 is 5.32 Å². The highest BCUT2D eigenvalue weighted by Gasteiger charge is 2.44. The highest BCUT2D eigenvalue weighted by atomic mass is 16.7. The maximum Gasteiger partial charge on any atom is 0.305 e. The van der Waals surface area contributed by atoms with Crippen LogP contribution in [0.3, 0.4) is 0 Å². The molecule has 11 nitrogen and oxygen atoms in total. The molecule has 0 aliphatic carbocycles. The average Bonchev–Trinajstić information content (AvgIpc) is 3.31. The minimum absolute atomic E-state index is 0.0422. The first-order chi connectivity index (χ1) is 32.2. The lowest BCUT2D eigenvalue weighted by atomic mass is 9.99. The molecule has 0 saturated carbocycles. The summed E-state index contributed by atoms with van der Waals surface area (Å²) in [6, 6.07) is -0.851. The number of unbranched alkanes of at least 4 members (excludes halogenated alkanes) is 23. The number of aliphatic hydroxyl groups excluding tert-OH is 5. The van der Waals surface area contributed by atoms with Crippen LogP contribution in [0.5, 0.6) is 0 Å². The number of amides is 1. The van der Waals surface area contributed by atoms with Gasteiger partial charge < -0.3 is 45.1 Å². The minimum Gasteiger partial charge on any atom is -0.466 e. The van der Waals surface area contributed by atoms with Crippen molar-refractivity contribution in [3.63, 3.8) is 0 Å². The molecule has 0 radical (unpaired) electrons. The second kappa shape index (κ2) is 44.8. The van der Waals surface area contributed by atoms with E-state index in [9.17, 15) is 35.1 Å². The molecule has 0 spiro atoms. The van der Waals surface area contributed by atoms with Crippen molar-refractivity contribution in [2.45, 2.75) is 256 Å². The Balaban J connectivity index is 2.17. The van der Waals surface area contributed by atoms with Gasteiger partial charge >= 0.3 is 5.97 Å². The van der Waals surface area contributed by atoms with Crippen molar-refractivity contribution in [1.82, 2.24) is 5.32 Å². The molecule has 0 aromatic rings. The lowest BCUT2D eigenvalue weighted by Crippen LogP contribution is -2.60. The van der Waals surface area contributed by atoms with Gasteiger partial charge in [0.1, 0.15) is 24.4 Å². The molecule has 7 atom stereocenters. The summed E-state index contributed by atoms with van der Waals surface area (Å²) in [6.45, 7) is 4.10. The van der Waals surface area contributed by atoms with Crippen LogP contribution in [0.25, 0.3) is 0 Å². The largest absolute Gasteiger partial charge is 0.466 e. The molecule has 382 valence electrons. The lowest BCUT2D eigenvalue weighted by molar-refractivity contribution is -0.302. The number of esters is 1. The molecule has 1 aliphatic heterocycles. The first kappa shape index (κ1) is 61.4. The van der Waals surface area contributed by atoms with Crippen LogP contribution in [0.4, 0.5) is 0 Å². The number of allylic oxidation sites excluding steroid dienone is 9. The Labute approximate surface area is 401 Å². The number of hydrogen-bond donors (Lipinski definition) is 6. The van der Waals surface area contributed by atoms with Gasteiger partial charge in [-0.2, -0.15) is 0 Å². The predicted molar refractivity (Wildman–Crippen MR) is 269 cm³/mol. The fourth-order valence-electron chi connectivity index (χ4n) is 7.87. The fraction of sp³-hybridized carbons (Fsp3) is 0.782. The summed E-state index contributed by atoms with van der Waals surface area (Å²) in [5.74, 6) is -0.265. The van der Waals surface area contributed by atoms with Gasteiger partial charge in [-0.3, -0.25) is 9.59 Å². The van der Waals surface area contributed by atoms with E-state index >= 15 is 0 Å². The molecule has 1 fully saturated rings. The van der Waals surface area contributed by atoms with E-state index in [4.69, 9.17) is 14.2 Å². The van der Waals surface area contributed by atoms with E-state index in [1.807, 2.05) is 6.08 Å². The third kappa shape index (κ3) is 34.6. The van der Waals surface area contributed by atoms with Gasteiger partial charge in [-0.15, -0.1) is 0 Å². The Morgan fingerprint density at radius 3 is 1.64 bits per heavy atom. The van der Waals surface area contributed by atoms with Crippen molar-refractivity contribution < 1.29 is 49.3 Å². The van der Waals surface area contributed by atoms with Crippen molar-refractivity contribution in [2.75, 3.05) is 19.8 Å². The molecule has 0 aromatic heterocycles. The van der Waals surface area contributed by atoms with Gasteiger partial charge in [0, 0.05) is 12.8 Å². The zero-order valence-corrected chi connectivity index (χ0v) is 41.6. The second-order valence-electron chi connectivity index (χ2n) is 18.2. The number of nitrogens with one attached hydrogen (secondary N) is 1. The summed E-state index contributed by atoms with van der Waals surface area (Å²) < 4.78 is 16.6. The van der Waals surface area contributed by atoms with E-state index in [-0.39, 0.29) is 18.5 Å². The Hall–Kier alpha value is -2.64. The number of hydrogen-bond acceptors (Lipinski definition) is 10. The third-order valence-electron chi connectivity index (χ3n) is 12.1. The van der Waals surface area contributed by atoms with Crippen molar-refractivity contribution in [1.29, 1.82) is 0 Å². The van der Waals surface area contributed by atoms with E-state index in [1.54, 1.807) is 6.08 Å². The monoisotopic (exact) mass is 932 g/mol. The Morgan fingerprint density at radius 2 is 1.08 bits per heavy atom. The lowest BCUT2D eigenvalue weighted by Gasteiger charge is -2.40. The second-order valence-corrected chi connectivity index (χ2v) is 18.2. The summed E-state index contributed by atoms with van der Waals surface area (Å²) in [7, 11) is 0. The molecule has 1 aliphatic rings. The van der Waals surface area contributed by atoms with Gasteiger partial charge in [-0.25, -0.2) is 0 Å². The van der Waals surface area contributed by atoms with E-state index < -0.39 is 49.5 Å². The maximum absolute atomic E-state index is 13.0. The molecule has 1 saturated heterocycles. The summed E-state index contributed by atoms with van der Waals surface area (Å²) in [4.78, 5) is 25.0. The van der Waals surface area contributed by atoms with E-state index in [0.29, 0.717) is 32.3 Å². The SMILES string of the molecule is CC/C=C/CC/C=C/CC/C=C/C(O)C(COC1OC(CO)C(O)C(O)C1O)NC(=O)CCCCCCCC/C=C\C=C/CCCCCOC(=O)CCCCCCCCCCCCCCC. The third-order valence-corrected chi connectivity index (χ3v) is 12.1. The first-order valence-electron chi connectivity index (χ1n) is 26.6. The topological polar surface area (TPSA) is 175 Å². The van der Waals surface area contributed by atoms with Gasteiger partial charge in [0.15, 0.2) is 6.29 Å². The van der Waals surface area contributed by atoms with Crippen molar-refractivity contribution >= 4 is 11.9 Å². The molecule has 1 heterocycles. The average molecular weight is 932 g/mol. The maximum atomic E-state index is 13.0. The number of rotatable bonds is 44. The zero-order valence-electron chi connectivity index (χ0n) is 41.6. The van der Waals surface area contributed by atoms with Crippen LogP contribution in [0.15, 0.2) is 60.8 Å². The molecular weight excluding hydrogens is 835 g/mol. The fourth-order valence-corrected chi connectivity index (χ4v) is 7.87. The normalized spacial score (nSPS) is 20.1. The number of aliphatic hydroxyl groups is 5. The first-order valence-corrected chi connectivity index (χ1v) is 26.6. The Morgan fingerprint density at radius 1 is 0.576 bits per heavy atom. The Kier molecular flexibility index (Phi) is 41.7. The molecular formula is C55H97NO10. The van der Waals surface area contributed by atoms with Crippen LogP contribution in [-0.4, -0.2) is 100 Å². The van der Waals surface area contributed by atoms with Crippen molar-refractivity contribution in [3.8, 4) is 0 Å². The number of carbonyl (C=O) groups is 2. The minimum atomic E-state index is -1.59. The van der Waals surface area contributed by atoms with E-state index in [1.165, 1.54) is 70.6 Å².